The maximum Gasteiger partial charge on any atom is 0.164 e. The van der Waals surface area contributed by atoms with Gasteiger partial charge in [-0.25, -0.2) is 15.0 Å². The van der Waals surface area contributed by atoms with E-state index in [0.717, 1.165) is 33.1 Å². The lowest BCUT2D eigenvalue weighted by Gasteiger charge is -2.10. The zero-order chi connectivity index (χ0) is 37.8. The lowest BCUT2D eigenvalue weighted by Crippen LogP contribution is -2.00. The molecule has 4 heterocycles. The van der Waals surface area contributed by atoms with Gasteiger partial charge in [0.05, 0.1) is 29.0 Å². The van der Waals surface area contributed by atoms with Gasteiger partial charge < -0.3 is 8.98 Å². The Kier molecular flexibility index (Phi) is 5.08. The number of hydrogen-bond donors (Lipinski definition) is 0. The topological polar surface area (TPSA) is 56.7 Å². The standard InChI is InChI=1S/C45H26N4OS/c1-3-12-27(13-4-1)43-46-44(28-14-5-2-6-15-28)48-45(47-43)29-22-23-32-39(24-29)50-38-20-11-19-36(42(32)38)49-35-18-9-7-16-30(35)33-26-41-34(25-37(33)49)31-17-8-10-21-40(31)51-41/h1-26H/i1D,3D,4D,12D,13D. The molecule has 0 radical (unpaired) electrons. The van der Waals surface area contributed by atoms with Gasteiger partial charge in [-0.2, -0.15) is 0 Å². The summed E-state index contributed by atoms with van der Waals surface area (Å²) in [6.45, 7) is 0. The summed E-state index contributed by atoms with van der Waals surface area (Å²) >= 11 is 1.82. The van der Waals surface area contributed by atoms with Crippen molar-refractivity contribution in [1.82, 2.24) is 19.5 Å². The number of para-hydroxylation sites is 1. The molecule has 4 aromatic heterocycles. The normalized spacial score (nSPS) is 13.3. The first-order valence-corrected chi connectivity index (χ1v) is 17.3. The average molecular weight is 676 g/mol. The quantitative estimate of drug-likeness (QED) is 0.186. The molecule has 0 saturated heterocycles. The molecule has 0 N–H and O–H groups in total. The van der Waals surface area contributed by atoms with E-state index in [1.165, 1.54) is 30.9 Å². The van der Waals surface area contributed by atoms with Gasteiger partial charge in [0, 0.05) is 53.0 Å². The molecular formula is C45H26N4OS. The summed E-state index contributed by atoms with van der Waals surface area (Å²) in [4.78, 5) is 14.2. The molecule has 0 amide bonds. The van der Waals surface area contributed by atoms with E-state index in [1.54, 1.807) is 0 Å². The number of benzene rings is 7. The van der Waals surface area contributed by atoms with Crippen LogP contribution in [-0.4, -0.2) is 19.5 Å². The first kappa shape index (κ1) is 23.7. The zero-order valence-electron chi connectivity index (χ0n) is 31.7. The second-order valence-corrected chi connectivity index (χ2v) is 13.5. The van der Waals surface area contributed by atoms with Crippen LogP contribution < -0.4 is 0 Å². The Morgan fingerprint density at radius 1 is 0.490 bits per heavy atom. The van der Waals surface area contributed by atoms with Crippen molar-refractivity contribution in [3.8, 4) is 39.9 Å². The Bertz CT molecular complexity index is 3420. The summed E-state index contributed by atoms with van der Waals surface area (Å²) in [5.74, 6) is 0.567. The molecule has 0 aliphatic heterocycles. The van der Waals surface area contributed by atoms with Crippen LogP contribution in [-0.2, 0) is 0 Å². The number of thiophene rings is 1. The van der Waals surface area contributed by atoms with Crippen molar-refractivity contribution < 1.29 is 11.3 Å². The summed E-state index contributed by atoms with van der Waals surface area (Å²) in [5, 5.41) is 6.71. The van der Waals surface area contributed by atoms with Crippen LogP contribution in [0.3, 0.4) is 0 Å². The van der Waals surface area contributed by atoms with Gasteiger partial charge in [0.25, 0.3) is 0 Å². The van der Waals surface area contributed by atoms with Crippen molar-refractivity contribution in [2.24, 2.45) is 0 Å². The van der Waals surface area contributed by atoms with Crippen LogP contribution in [0.2, 0.25) is 0 Å². The van der Waals surface area contributed by atoms with E-state index >= 15 is 0 Å². The molecule has 0 unspecified atom stereocenters. The van der Waals surface area contributed by atoms with Crippen LogP contribution in [0, 0.1) is 0 Å². The zero-order valence-corrected chi connectivity index (χ0v) is 27.5. The minimum atomic E-state index is -0.481. The van der Waals surface area contributed by atoms with Gasteiger partial charge in [0.15, 0.2) is 17.5 Å². The largest absolute Gasteiger partial charge is 0.456 e. The summed E-state index contributed by atoms with van der Waals surface area (Å²) in [5.41, 5.74) is 5.78. The highest BCUT2D eigenvalue weighted by molar-refractivity contribution is 7.25. The average Bonchev–Trinajstić information content (AvgIpc) is 3.90. The van der Waals surface area contributed by atoms with Gasteiger partial charge in [-0.3, -0.25) is 0 Å². The Balaban J connectivity index is 1.13. The SMILES string of the molecule is [2H]c1c([2H])c([2H])c(-c2nc(-c3ccccc3)nc(-c3ccc4c(c3)oc3cccc(-n5c6ccccc6c6cc7sc8ccccc8c7cc65)c34)n2)c([2H])c1[2H]. The fourth-order valence-corrected chi connectivity index (χ4v) is 8.40. The van der Waals surface area contributed by atoms with Crippen molar-refractivity contribution in [1.29, 1.82) is 0 Å². The van der Waals surface area contributed by atoms with Gasteiger partial charge in [-0.1, -0.05) is 109 Å². The first-order valence-electron chi connectivity index (χ1n) is 19.0. The minimum absolute atomic E-state index is 0.0169. The molecule has 51 heavy (non-hydrogen) atoms. The lowest BCUT2D eigenvalue weighted by molar-refractivity contribution is 0.669. The van der Waals surface area contributed by atoms with Crippen LogP contribution >= 0.6 is 11.3 Å². The molecule has 0 bridgehead atoms. The van der Waals surface area contributed by atoms with Gasteiger partial charge in [-0.15, -0.1) is 11.3 Å². The lowest BCUT2D eigenvalue weighted by atomic mass is 10.1. The van der Waals surface area contributed by atoms with E-state index in [9.17, 15) is 0 Å². The van der Waals surface area contributed by atoms with E-state index < -0.39 is 18.1 Å². The molecule has 6 heteroatoms. The molecule has 7 aromatic carbocycles. The summed E-state index contributed by atoms with van der Waals surface area (Å²) in [6, 6.07) is 40.8. The molecular weight excluding hydrogens is 645 g/mol. The summed E-state index contributed by atoms with van der Waals surface area (Å²) in [7, 11) is 0. The minimum Gasteiger partial charge on any atom is -0.456 e. The highest BCUT2D eigenvalue weighted by Crippen LogP contribution is 2.43. The van der Waals surface area contributed by atoms with E-state index in [4.69, 9.17) is 21.2 Å². The highest BCUT2D eigenvalue weighted by Gasteiger charge is 2.20. The van der Waals surface area contributed by atoms with E-state index in [0.29, 0.717) is 22.5 Å². The third-order valence-electron chi connectivity index (χ3n) is 9.54. The number of furan rings is 1. The Labute approximate surface area is 302 Å². The number of hydrogen-bond acceptors (Lipinski definition) is 5. The van der Waals surface area contributed by atoms with E-state index in [-0.39, 0.29) is 29.3 Å². The maximum absolute atomic E-state index is 8.65. The van der Waals surface area contributed by atoms with E-state index in [1.807, 2.05) is 72.0 Å². The number of fused-ring (bicyclic) bond motifs is 9. The van der Waals surface area contributed by atoms with Gasteiger partial charge in [0.1, 0.15) is 11.2 Å². The molecule has 0 spiro atoms. The predicted molar refractivity (Wildman–Crippen MR) is 211 cm³/mol. The van der Waals surface area contributed by atoms with Gasteiger partial charge >= 0.3 is 0 Å². The highest BCUT2D eigenvalue weighted by atomic mass is 32.1. The third-order valence-corrected chi connectivity index (χ3v) is 10.7. The second-order valence-electron chi connectivity index (χ2n) is 12.5. The fourth-order valence-electron chi connectivity index (χ4n) is 7.27. The molecule has 0 aliphatic rings. The van der Waals surface area contributed by atoms with Crippen LogP contribution in [0.1, 0.15) is 6.85 Å². The fraction of sp³-hybridized carbons (Fsp3) is 0. The van der Waals surface area contributed by atoms with Gasteiger partial charge in [-0.05, 0) is 48.5 Å². The second kappa shape index (κ2) is 10.9. The van der Waals surface area contributed by atoms with Crippen molar-refractivity contribution in [3.05, 3.63) is 158 Å². The molecule has 11 rings (SSSR count). The Hall–Kier alpha value is -6.63. The van der Waals surface area contributed by atoms with Crippen molar-refractivity contribution >= 4 is 75.3 Å². The molecule has 0 saturated carbocycles. The van der Waals surface area contributed by atoms with Crippen LogP contribution in [0.4, 0.5) is 0 Å². The van der Waals surface area contributed by atoms with Crippen molar-refractivity contribution in [3.63, 3.8) is 0 Å². The molecule has 5 nitrogen and oxygen atoms in total. The number of nitrogens with zero attached hydrogens (tertiary/aromatic N) is 4. The summed E-state index contributed by atoms with van der Waals surface area (Å²) in [6.07, 6.45) is 0. The molecule has 0 atom stereocenters. The third kappa shape index (κ3) is 4.37. The molecule has 238 valence electrons. The van der Waals surface area contributed by atoms with Gasteiger partial charge in [0.2, 0.25) is 0 Å². The van der Waals surface area contributed by atoms with Crippen molar-refractivity contribution in [2.45, 2.75) is 0 Å². The molecule has 0 fully saturated rings. The van der Waals surface area contributed by atoms with E-state index in [2.05, 4.69) is 76.3 Å². The molecule has 0 aliphatic carbocycles. The Morgan fingerprint density at radius 3 is 2.10 bits per heavy atom. The van der Waals surface area contributed by atoms with Crippen LogP contribution in [0.5, 0.6) is 0 Å². The maximum atomic E-state index is 8.65. The summed E-state index contributed by atoms with van der Waals surface area (Å²) < 4.78 is 53.4. The smallest absolute Gasteiger partial charge is 0.164 e. The number of aromatic nitrogens is 4. The Morgan fingerprint density at radius 2 is 1.24 bits per heavy atom. The van der Waals surface area contributed by atoms with Crippen LogP contribution in [0.25, 0.3) is 104 Å². The van der Waals surface area contributed by atoms with Crippen LogP contribution in [0.15, 0.2) is 162 Å². The predicted octanol–water partition coefficient (Wildman–Crippen LogP) is 12.2. The first-order chi connectivity index (χ1) is 27.3. The number of rotatable bonds is 4. The monoisotopic (exact) mass is 675 g/mol. The molecule has 11 aromatic rings. The van der Waals surface area contributed by atoms with Crippen molar-refractivity contribution in [2.75, 3.05) is 0 Å².